The zero-order valence-electron chi connectivity index (χ0n) is 9.55. The summed E-state index contributed by atoms with van der Waals surface area (Å²) in [5, 5.41) is 10.1. The smallest absolute Gasteiger partial charge is 0.305 e. The number of ether oxygens (including phenoxy) is 1. The van der Waals surface area contributed by atoms with Crippen LogP contribution in [0.5, 0.6) is 0 Å². The van der Waals surface area contributed by atoms with Crippen LogP contribution in [0.4, 0.5) is 5.69 Å². The topological polar surface area (TPSA) is 82.3 Å². The number of carbonyl (C=O) groups is 1. The Labute approximate surface area is 107 Å². The monoisotopic (exact) mass is 304 g/mol. The van der Waals surface area contributed by atoms with E-state index in [0.29, 0.717) is 17.5 Å². The number of nitro groups is 1. The number of rotatable bonds is 3. The highest BCUT2D eigenvalue weighted by Gasteiger charge is 2.03. The number of pyridine rings is 1. The highest BCUT2D eigenvalue weighted by atomic mass is 79.9. The maximum atomic E-state index is 10.2. The summed E-state index contributed by atoms with van der Waals surface area (Å²) in [5.41, 5.74) is -0.00521. The van der Waals surface area contributed by atoms with Crippen LogP contribution >= 0.6 is 15.9 Å². The maximum Gasteiger partial charge on any atom is 0.305 e. The molecule has 0 spiro atoms. The molecule has 6 nitrogen and oxygen atoms in total. The Bertz CT molecular complexity index is 384. The van der Waals surface area contributed by atoms with Gasteiger partial charge in [-0.3, -0.25) is 19.9 Å². The highest BCUT2D eigenvalue weighted by Crippen LogP contribution is 2.14. The number of hydrogen-bond acceptors (Lipinski definition) is 5. The predicted octanol–water partition coefficient (Wildman–Crippen LogP) is 2.71. The van der Waals surface area contributed by atoms with E-state index in [0.717, 1.165) is 0 Å². The lowest BCUT2D eigenvalue weighted by molar-refractivity contribution is -0.385. The van der Waals surface area contributed by atoms with Crippen LogP contribution in [0.25, 0.3) is 0 Å². The molecule has 94 valence electrons. The van der Waals surface area contributed by atoms with Crippen molar-refractivity contribution in [3.05, 3.63) is 33.0 Å². The highest BCUT2D eigenvalue weighted by molar-refractivity contribution is 9.10. The molecule has 1 aromatic rings. The molecule has 0 radical (unpaired) electrons. The van der Waals surface area contributed by atoms with Gasteiger partial charge in [0.25, 0.3) is 5.69 Å². The van der Waals surface area contributed by atoms with Gasteiger partial charge in [0.1, 0.15) is 6.20 Å². The predicted molar refractivity (Wildman–Crippen MR) is 65.5 cm³/mol. The lowest BCUT2D eigenvalue weighted by Gasteiger charge is -1.93. The van der Waals surface area contributed by atoms with Crippen molar-refractivity contribution in [3.8, 4) is 0 Å². The Balaban J connectivity index is 0.000000325. The molecule has 1 heterocycles. The van der Waals surface area contributed by atoms with Crippen LogP contribution in [-0.2, 0) is 9.53 Å². The minimum atomic E-state index is -0.488. The van der Waals surface area contributed by atoms with E-state index in [9.17, 15) is 14.9 Å². The van der Waals surface area contributed by atoms with Gasteiger partial charge in [0.15, 0.2) is 0 Å². The maximum absolute atomic E-state index is 10.2. The molecule has 0 aromatic carbocycles. The van der Waals surface area contributed by atoms with Gasteiger partial charge < -0.3 is 4.74 Å². The first kappa shape index (κ1) is 15.5. The molecule has 0 unspecified atom stereocenters. The Morgan fingerprint density at radius 2 is 2.18 bits per heavy atom. The SMILES string of the molecule is CCOC(=O)CC.O=[N+]([O-])c1cncc(Br)c1. The van der Waals surface area contributed by atoms with Crippen molar-refractivity contribution in [2.45, 2.75) is 20.3 Å². The molecule has 7 heteroatoms. The van der Waals surface area contributed by atoms with Gasteiger partial charge in [-0.05, 0) is 22.9 Å². The van der Waals surface area contributed by atoms with Crippen molar-refractivity contribution in [1.29, 1.82) is 0 Å². The van der Waals surface area contributed by atoms with Crippen molar-refractivity contribution in [2.75, 3.05) is 6.61 Å². The van der Waals surface area contributed by atoms with E-state index in [2.05, 4.69) is 25.7 Å². The molecule has 0 saturated heterocycles. The van der Waals surface area contributed by atoms with E-state index in [1.165, 1.54) is 18.5 Å². The minimum absolute atomic E-state index is 0.00521. The molecule has 0 N–H and O–H groups in total. The van der Waals surface area contributed by atoms with Gasteiger partial charge in [-0.15, -0.1) is 0 Å². The van der Waals surface area contributed by atoms with E-state index < -0.39 is 4.92 Å². The normalized spacial score (nSPS) is 8.88. The van der Waals surface area contributed by atoms with Gasteiger partial charge in [-0.2, -0.15) is 0 Å². The second kappa shape index (κ2) is 8.63. The molecular weight excluding hydrogens is 292 g/mol. The third kappa shape index (κ3) is 7.40. The average molecular weight is 305 g/mol. The van der Waals surface area contributed by atoms with Crippen molar-refractivity contribution in [2.24, 2.45) is 0 Å². The third-order valence-electron chi connectivity index (χ3n) is 1.50. The Morgan fingerprint density at radius 3 is 2.47 bits per heavy atom. The molecule has 0 fully saturated rings. The standard InChI is InChI=1S/C5H3BrN2O2.C5H10O2/c6-4-1-5(8(9)10)3-7-2-4;1-3-5(6)7-4-2/h1-3H;3-4H2,1-2H3. The zero-order chi connectivity index (χ0) is 13.3. The van der Waals surface area contributed by atoms with Crippen molar-refractivity contribution < 1.29 is 14.5 Å². The summed E-state index contributed by atoms with van der Waals surface area (Å²) in [4.78, 5) is 23.4. The van der Waals surface area contributed by atoms with Crippen LogP contribution < -0.4 is 0 Å². The molecule has 0 aliphatic carbocycles. The average Bonchev–Trinajstić information content (AvgIpc) is 2.30. The van der Waals surface area contributed by atoms with Gasteiger partial charge in [-0.1, -0.05) is 6.92 Å². The van der Waals surface area contributed by atoms with E-state index in [1.54, 1.807) is 13.8 Å². The number of halogens is 1. The van der Waals surface area contributed by atoms with Gasteiger partial charge in [0, 0.05) is 23.2 Å². The second-order valence-corrected chi connectivity index (χ2v) is 3.69. The zero-order valence-corrected chi connectivity index (χ0v) is 11.1. The summed E-state index contributed by atoms with van der Waals surface area (Å²) in [5.74, 6) is -0.123. The molecule has 0 amide bonds. The summed E-state index contributed by atoms with van der Waals surface area (Å²) in [6, 6.07) is 1.40. The molecule has 1 rings (SSSR count). The largest absolute Gasteiger partial charge is 0.466 e. The van der Waals surface area contributed by atoms with Gasteiger partial charge in [0.2, 0.25) is 0 Å². The van der Waals surface area contributed by atoms with Crippen LogP contribution in [-0.4, -0.2) is 22.5 Å². The number of aromatic nitrogens is 1. The molecule has 0 atom stereocenters. The number of nitrogens with zero attached hydrogens (tertiary/aromatic N) is 2. The second-order valence-electron chi connectivity index (χ2n) is 2.78. The first-order chi connectivity index (χ1) is 8.01. The van der Waals surface area contributed by atoms with Gasteiger partial charge in [0.05, 0.1) is 11.5 Å². The summed E-state index contributed by atoms with van der Waals surface area (Å²) in [6.45, 7) is 4.07. The minimum Gasteiger partial charge on any atom is -0.466 e. The first-order valence-corrected chi connectivity index (χ1v) is 5.71. The fourth-order valence-corrected chi connectivity index (χ4v) is 1.12. The lowest BCUT2D eigenvalue weighted by Crippen LogP contribution is -2.00. The van der Waals surface area contributed by atoms with Crippen molar-refractivity contribution in [1.82, 2.24) is 4.98 Å². The summed E-state index contributed by atoms with van der Waals surface area (Å²) < 4.78 is 5.16. The third-order valence-corrected chi connectivity index (χ3v) is 1.93. The molecule has 17 heavy (non-hydrogen) atoms. The molecule has 1 aromatic heterocycles. The van der Waals surface area contributed by atoms with Gasteiger partial charge in [-0.25, -0.2) is 0 Å². The van der Waals surface area contributed by atoms with E-state index in [1.807, 2.05) is 0 Å². The fraction of sp³-hybridized carbons (Fsp3) is 0.400. The van der Waals surface area contributed by atoms with E-state index in [-0.39, 0.29) is 11.7 Å². The van der Waals surface area contributed by atoms with Gasteiger partial charge >= 0.3 is 5.97 Å². The van der Waals surface area contributed by atoms with Crippen LogP contribution in [0.15, 0.2) is 22.9 Å². The van der Waals surface area contributed by atoms with Crippen LogP contribution in [0.1, 0.15) is 20.3 Å². The molecule has 0 bridgehead atoms. The summed E-state index contributed by atoms with van der Waals surface area (Å²) >= 11 is 3.06. The Kier molecular flexibility index (Phi) is 7.87. The fourth-order valence-electron chi connectivity index (χ4n) is 0.764. The Hall–Kier alpha value is -1.50. The molecule has 0 aliphatic rings. The van der Waals surface area contributed by atoms with Crippen LogP contribution in [0, 0.1) is 10.1 Å². The van der Waals surface area contributed by atoms with Crippen LogP contribution in [0.3, 0.4) is 0 Å². The summed E-state index contributed by atoms with van der Waals surface area (Å²) in [6.07, 6.45) is 3.17. The summed E-state index contributed by atoms with van der Waals surface area (Å²) in [7, 11) is 0. The van der Waals surface area contributed by atoms with Crippen LogP contribution in [0.2, 0.25) is 0 Å². The molecule has 0 aliphatic heterocycles. The Morgan fingerprint density at radius 1 is 1.53 bits per heavy atom. The van der Waals surface area contributed by atoms with Crippen molar-refractivity contribution in [3.63, 3.8) is 0 Å². The van der Waals surface area contributed by atoms with Crippen molar-refractivity contribution >= 4 is 27.6 Å². The van der Waals surface area contributed by atoms with E-state index >= 15 is 0 Å². The number of carbonyl (C=O) groups excluding carboxylic acids is 1. The first-order valence-electron chi connectivity index (χ1n) is 4.91. The lowest BCUT2D eigenvalue weighted by atomic mass is 10.4. The number of esters is 1. The van der Waals surface area contributed by atoms with E-state index in [4.69, 9.17) is 0 Å². The number of hydrogen-bond donors (Lipinski definition) is 0. The molecular formula is C10H13BrN2O4. The quantitative estimate of drug-likeness (QED) is 0.487. The molecule has 0 saturated carbocycles.